The number of aliphatic imine (C=N–C) groups is 1. The van der Waals surface area contributed by atoms with E-state index in [9.17, 15) is 9.59 Å². The van der Waals surface area contributed by atoms with Gasteiger partial charge in [0, 0.05) is 21.1 Å². The van der Waals surface area contributed by atoms with Crippen LogP contribution >= 0.6 is 0 Å². The van der Waals surface area contributed by atoms with Crippen molar-refractivity contribution in [1.29, 1.82) is 0 Å². The van der Waals surface area contributed by atoms with Crippen molar-refractivity contribution in [1.82, 2.24) is 10.6 Å². The number of hydrogen-bond acceptors (Lipinski definition) is 3. The summed E-state index contributed by atoms with van der Waals surface area (Å²) in [6.07, 6.45) is 0. The average Bonchev–Trinajstić information content (AvgIpc) is 2.05. The maximum Gasteiger partial charge on any atom is 0.274 e. The van der Waals surface area contributed by atoms with Crippen molar-refractivity contribution in [2.45, 2.75) is 0 Å². The first-order valence-electron chi connectivity index (χ1n) is 3.08. The Morgan fingerprint density at radius 1 is 1.09 bits per heavy atom. The highest BCUT2D eigenvalue weighted by molar-refractivity contribution is 6.65. The largest absolute Gasteiger partial charge is 0.354 e. The second-order valence-electron chi connectivity index (χ2n) is 1.73. The van der Waals surface area contributed by atoms with E-state index in [0.29, 0.717) is 0 Å². The van der Waals surface area contributed by atoms with Crippen LogP contribution in [0.1, 0.15) is 0 Å². The maximum absolute atomic E-state index is 10.8. The van der Waals surface area contributed by atoms with Gasteiger partial charge in [0.25, 0.3) is 11.8 Å². The van der Waals surface area contributed by atoms with Crippen LogP contribution in [0.2, 0.25) is 0 Å². The van der Waals surface area contributed by atoms with Crippen LogP contribution in [-0.2, 0) is 9.59 Å². The van der Waals surface area contributed by atoms with Crippen LogP contribution in [-0.4, -0.2) is 38.7 Å². The molecule has 62 valence electrons. The van der Waals surface area contributed by atoms with Crippen molar-refractivity contribution >= 4 is 17.5 Å². The van der Waals surface area contributed by atoms with Crippen molar-refractivity contribution in [2.75, 3.05) is 21.1 Å². The van der Waals surface area contributed by atoms with Gasteiger partial charge in [-0.25, -0.2) is 0 Å². The minimum absolute atomic E-state index is 0.116. The number of carbonyl (C=O) groups is 2. The third-order valence-electron chi connectivity index (χ3n) is 1.11. The lowest BCUT2D eigenvalue weighted by atomic mass is 10.3. The van der Waals surface area contributed by atoms with Crippen molar-refractivity contribution in [3.05, 3.63) is 0 Å². The summed E-state index contributed by atoms with van der Waals surface area (Å²) in [5.41, 5.74) is -0.116. The molecule has 5 nitrogen and oxygen atoms in total. The van der Waals surface area contributed by atoms with Gasteiger partial charge in [0.2, 0.25) is 0 Å². The first kappa shape index (κ1) is 9.61. The molecule has 0 aliphatic carbocycles. The Morgan fingerprint density at radius 3 is 1.64 bits per heavy atom. The Balaban J connectivity index is 4.43. The topological polar surface area (TPSA) is 70.6 Å². The van der Waals surface area contributed by atoms with Crippen molar-refractivity contribution in [3.63, 3.8) is 0 Å². The molecule has 0 atom stereocenters. The quantitative estimate of drug-likeness (QED) is 0.380. The highest BCUT2D eigenvalue weighted by atomic mass is 16.2. The van der Waals surface area contributed by atoms with E-state index in [1.807, 2.05) is 0 Å². The summed E-state index contributed by atoms with van der Waals surface area (Å²) >= 11 is 0. The highest BCUT2D eigenvalue weighted by Gasteiger charge is 2.15. The van der Waals surface area contributed by atoms with Gasteiger partial charge >= 0.3 is 0 Å². The first-order valence-corrected chi connectivity index (χ1v) is 3.08. The van der Waals surface area contributed by atoms with Crippen LogP contribution in [0.5, 0.6) is 0 Å². The molecule has 0 saturated heterocycles. The molecule has 0 radical (unpaired) electrons. The first-order chi connectivity index (χ1) is 5.17. The Morgan fingerprint density at radius 2 is 1.45 bits per heavy atom. The van der Waals surface area contributed by atoms with Crippen molar-refractivity contribution in [2.24, 2.45) is 4.99 Å². The standard InChI is InChI=1S/C6H11N3O2/c1-7-4(5(10)8-2)6(11)9-3/h1-3H3,(H,8,10)(H,9,11). The van der Waals surface area contributed by atoms with E-state index < -0.39 is 11.8 Å². The van der Waals surface area contributed by atoms with Gasteiger partial charge in [-0.05, 0) is 0 Å². The minimum atomic E-state index is -0.480. The number of nitrogens with zero attached hydrogens (tertiary/aromatic N) is 1. The number of nitrogens with one attached hydrogen (secondary N) is 2. The zero-order valence-electron chi connectivity index (χ0n) is 6.76. The molecule has 11 heavy (non-hydrogen) atoms. The molecule has 0 spiro atoms. The number of rotatable bonds is 2. The van der Waals surface area contributed by atoms with E-state index >= 15 is 0 Å². The second kappa shape index (κ2) is 4.43. The van der Waals surface area contributed by atoms with Crippen molar-refractivity contribution in [3.8, 4) is 0 Å². The molecule has 0 aromatic heterocycles. The smallest absolute Gasteiger partial charge is 0.274 e. The Kier molecular flexibility index (Phi) is 3.87. The second-order valence-corrected chi connectivity index (χ2v) is 1.73. The third kappa shape index (κ3) is 2.37. The van der Waals surface area contributed by atoms with E-state index in [-0.39, 0.29) is 5.71 Å². The molecular formula is C6H11N3O2. The van der Waals surface area contributed by atoms with Crippen molar-refractivity contribution < 1.29 is 9.59 Å². The van der Waals surface area contributed by atoms with E-state index in [2.05, 4.69) is 15.6 Å². The summed E-state index contributed by atoms with van der Waals surface area (Å²) in [7, 11) is 4.27. The summed E-state index contributed by atoms with van der Waals surface area (Å²) in [4.78, 5) is 25.2. The van der Waals surface area contributed by atoms with Crippen LogP contribution in [0, 0.1) is 0 Å². The highest BCUT2D eigenvalue weighted by Crippen LogP contribution is 1.77. The molecule has 0 aliphatic heterocycles. The van der Waals surface area contributed by atoms with Gasteiger partial charge in [-0.3, -0.25) is 14.6 Å². The van der Waals surface area contributed by atoms with Gasteiger partial charge in [0.1, 0.15) is 0 Å². The Labute approximate surface area is 64.9 Å². The van der Waals surface area contributed by atoms with Gasteiger partial charge in [-0.15, -0.1) is 0 Å². The van der Waals surface area contributed by atoms with Gasteiger partial charge < -0.3 is 10.6 Å². The molecule has 0 rings (SSSR count). The predicted molar refractivity (Wildman–Crippen MR) is 41.5 cm³/mol. The molecule has 0 unspecified atom stereocenters. The molecule has 0 aromatic rings. The number of amides is 2. The molecule has 0 saturated carbocycles. The van der Waals surface area contributed by atoms with Crippen LogP contribution < -0.4 is 10.6 Å². The predicted octanol–water partition coefficient (Wildman–Crippen LogP) is -1.45. The average molecular weight is 157 g/mol. The van der Waals surface area contributed by atoms with E-state index in [4.69, 9.17) is 0 Å². The fourth-order valence-electron chi connectivity index (χ4n) is 0.543. The summed E-state index contributed by atoms with van der Waals surface area (Å²) in [5, 5.41) is 4.60. The molecular weight excluding hydrogens is 146 g/mol. The molecule has 5 heteroatoms. The lowest BCUT2D eigenvalue weighted by molar-refractivity contribution is -0.118. The minimum Gasteiger partial charge on any atom is -0.354 e. The Hall–Kier alpha value is -1.39. The zero-order chi connectivity index (χ0) is 8.85. The van der Waals surface area contributed by atoms with Crippen LogP contribution in [0.15, 0.2) is 4.99 Å². The fraction of sp³-hybridized carbons (Fsp3) is 0.500. The molecule has 2 N–H and O–H groups in total. The normalized spacial score (nSPS) is 8.27. The van der Waals surface area contributed by atoms with Gasteiger partial charge in [0.15, 0.2) is 5.71 Å². The monoisotopic (exact) mass is 157 g/mol. The molecule has 0 aromatic carbocycles. The fourth-order valence-corrected chi connectivity index (χ4v) is 0.543. The van der Waals surface area contributed by atoms with Gasteiger partial charge in [-0.1, -0.05) is 0 Å². The van der Waals surface area contributed by atoms with Crippen LogP contribution in [0.3, 0.4) is 0 Å². The van der Waals surface area contributed by atoms with E-state index in [1.54, 1.807) is 0 Å². The summed E-state index contributed by atoms with van der Waals surface area (Å²) in [5.74, 6) is -0.960. The van der Waals surface area contributed by atoms with Gasteiger partial charge in [0.05, 0.1) is 0 Å². The molecule has 0 heterocycles. The van der Waals surface area contributed by atoms with Crippen LogP contribution in [0.4, 0.5) is 0 Å². The summed E-state index contributed by atoms with van der Waals surface area (Å²) in [6.45, 7) is 0. The van der Waals surface area contributed by atoms with E-state index in [0.717, 1.165) is 0 Å². The lowest BCUT2D eigenvalue weighted by Crippen LogP contribution is -2.39. The molecule has 0 bridgehead atoms. The number of carbonyl (C=O) groups excluding carboxylic acids is 2. The maximum atomic E-state index is 10.8. The summed E-state index contributed by atoms with van der Waals surface area (Å²) in [6, 6.07) is 0. The summed E-state index contributed by atoms with van der Waals surface area (Å²) < 4.78 is 0. The molecule has 0 aliphatic rings. The number of hydrogen-bond donors (Lipinski definition) is 2. The molecule has 0 fully saturated rings. The van der Waals surface area contributed by atoms with Gasteiger partial charge in [-0.2, -0.15) is 0 Å². The third-order valence-corrected chi connectivity index (χ3v) is 1.11. The van der Waals surface area contributed by atoms with E-state index in [1.165, 1.54) is 21.1 Å². The van der Waals surface area contributed by atoms with Crippen LogP contribution in [0.25, 0.3) is 0 Å². The molecule has 2 amide bonds. The SMILES string of the molecule is CN=C(C(=O)NC)C(=O)NC. The zero-order valence-corrected chi connectivity index (χ0v) is 6.76. The Bertz CT molecular complexity index is 180. The lowest BCUT2D eigenvalue weighted by Gasteiger charge is -2.00.